The molecule has 3 rings (SSSR count). The SMILES string of the molecule is O=C(CN(Cc1ccc(Cl)cc1Cl)S(=O)(=O)c1ccccc1)N/N=C\c1ccncc1. The zero-order chi connectivity index (χ0) is 22.3. The second-order valence-electron chi connectivity index (χ2n) is 6.40. The standard InChI is InChI=1S/C21H18Cl2N4O3S/c22-18-7-6-17(20(23)12-18)14-27(31(29,30)19-4-2-1-3-5-19)15-21(28)26-25-13-16-8-10-24-11-9-16/h1-13H,14-15H2,(H,26,28)/b25-13-. The Kier molecular flexibility index (Phi) is 7.75. The molecule has 0 aliphatic carbocycles. The number of carbonyl (C=O) groups excluding carboxylic acids is 1. The Balaban J connectivity index is 1.81. The van der Waals surface area contributed by atoms with Gasteiger partial charge in [0, 0.05) is 29.0 Å². The highest BCUT2D eigenvalue weighted by molar-refractivity contribution is 7.89. The molecule has 0 atom stereocenters. The lowest BCUT2D eigenvalue weighted by Crippen LogP contribution is -2.39. The Morgan fingerprint density at radius 3 is 2.45 bits per heavy atom. The number of carbonyl (C=O) groups is 1. The van der Waals surface area contributed by atoms with Crippen molar-refractivity contribution in [1.82, 2.24) is 14.7 Å². The van der Waals surface area contributed by atoms with Gasteiger partial charge < -0.3 is 0 Å². The Hall–Kier alpha value is -2.78. The van der Waals surface area contributed by atoms with Crippen LogP contribution in [-0.4, -0.2) is 36.4 Å². The first-order valence-electron chi connectivity index (χ1n) is 9.07. The Morgan fingerprint density at radius 1 is 1.06 bits per heavy atom. The van der Waals surface area contributed by atoms with Crippen LogP contribution in [-0.2, 0) is 21.4 Å². The number of rotatable bonds is 8. The minimum Gasteiger partial charge on any atom is -0.272 e. The molecule has 0 aliphatic rings. The third-order valence-corrected chi connectivity index (χ3v) is 6.56. The maximum atomic E-state index is 13.2. The van der Waals surface area contributed by atoms with Crippen molar-refractivity contribution in [3.63, 3.8) is 0 Å². The van der Waals surface area contributed by atoms with E-state index >= 15 is 0 Å². The van der Waals surface area contributed by atoms with Gasteiger partial charge in [-0.1, -0.05) is 47.5 Å². The van der Waals surface area contributed by atoms with Gasteiger partial charge in [-0.15, -0.1) is 0 Å². The summed E-state index contributed by atoms with van der Waals surface area (Å²) in [6, 6.07) is 16.0. The summed E-state index contributed by atoms with van der Waals surface area (Å²) in [7, 11) is -3.98. The van der Waals surface area contributed by atoms with Crippen LogP contribution in [0.1, 0.15) is 11.1 Å². The molecular formula is C21H18Cl2N4O3S. The summed E-state index contributed by atoms with van der Waals surface area (Å²) in [6.45, 7) is -0.571. The highest BCUT2D eigenvalue weighted by Gasteiger charge is 2.27. The molecule has 160 valence electrons. The summed E-state index contributed by atoms with van der Waals surface area (Å²) in [5, 5.41) is 4.60. The molecule has 0 bridgehead atoms. The maximum Gasteiger partial charge on any atom is 0.255 e. The predicted octanol–water partition coefficient (Wildman–Crippen LogP) is 3.73. The fraction of sp³-hybridized carbons (Fsp3) is 0.0952. The third-order valence-electron chi connectivity index (χ3n) is 4.17. The zero-order valence-corrected chi connectivity index (χ0v) is 18.5. The summed E-state index contributed by atoms with van der Waals surface area (Å²) in [6.07, 6.45) is 4.62. The second-order valence-corrected chi connectivity index (χ2v) is 9.18. The highest BCUT2D eigenvalue weighted by atomic mass is 35.5. The normalized spacial score (nSPS) is 11.7. The van der Waals surface area contributed by atoms with Crippen molar-refractivity contribution in [3.8, 4) is 0 Å². The van der Waals surface area contributed by atoms with E-state index in [1.54, 1.807) is 54.9 Å². The molecule has 0 saturated heterocycles. The molecule has 2 aromatic carbocycles. The van der Waals surface area contributed by atoms with Crippen LogP contribution in [0.4, 0.5) is 0 Å². The fourth-order valence-electron chi connectivity index (χ4n) is 2.63. The van der Waals surface area contributed by atoms with E-state index in [1.807, 2.05) is 0 Å². The Bertz CT molecular complexity index is 1170. The van der Waals surface area contributed by atoms with Gasteiger partial charge in [0.1, 0.15) is 0 Å². The van der Waals surface area contributed by atoms with Gasteiger partial charge in [0.15, 0.2) is 0 Å². The van der Waals surface area contributed by atoms with E-state index in [0.717, 1.165) is 9.87 Å². The van der Waals surface area contributed by atoms with E-state index in [2.05, 4.69) is 15.5 Å². The summed E-state index contributed by atoms with van der Waals surface area (Å²) >= 11 is 12.2. The Morgan fingerprint density at radius 2 is 1.77 bits per heavy atom. The van der Waals surface area contributed by atoms with Crippen LogP contribution < -0.4 is 5.43 Å². The first-order valence-corrected chi connectivity index (χ1v) is 11.3. The summed E-state index contributed by atoms with van der Waals surface area (Å²) < 4.78 is 27.4. The molecule has 1 aromatic heterocycles. The van der Waals surface area contributed by atoms with Gasteiger partial charge in [-0.3, -0.25) is 9.78 Å². The van der Waals surface area contributed by atoms with Crippen LogP contribution in [0.25, 0.3) is 0 Å². The molecule has 0 fully saturated rings. The third kappa shape index (κ3) is 6.35. The average molecular weight is 477 g/mol. The van der Waals surface area contributed by atoms with Gasteiger partial charge >= 0.3 is 0 Å². The van der Waals surface area contributed by atoms with Crippen molar-refractivity contribution >= 4 is 45.3 Å². The predicted molar refractivity (Wildman–Crippen MR) is 120 cm³/mol. The fourth-order valence-corrected chi connectivity index (χ4v) is 4.49. The lowest BCUT2D eigenvalue weighted by Gasteiger charge is -2.22. The van der Waals surface area contributed by atoms with Gasteiger partial charge in [0.2, 0.25) is 10.0 Å². The van der Waals surface area contributed by atoms with E-state index in [4.69, 9.17) is 23.2 Å². The number of sulfonamides is 1. The number of aromatic nitrogens is 1. The van der Waals surface area contributed by atoms with Crippen molar-refractivity contribution in [2.75, 3.05) is 6.54 Å². The van der Waals surface area contributed by atoms with Gasteiger partial charge in [0.25, 0.3) is 5.91 Å². The number of hydrogen-bond donors (Lipinski definition) is 1. The number of benzene rings is 2. The number of halogens is 2. The minimum absolute atomic E-state index is 0.0631. The molecule has 1 N–H and O–H groups in total. The molecule has 3 aromatic rings. The van der Waals surface area contributed by atoms with Gasteiger partial charge in [-0.2, -0.15) is 9.41 Å². The summed E-state index contributed by atoms with van der Waals surface area (Å²) in [4.78, 5) is 16.4. The number of pyridine rings is 1. The van der Waals surface area contributed by atoms with Crippen LogP contribution in [0, 0.1) is 0 Å². The van der Waals surface area contributed by atoms with Crippen LogP contribution in [0.2, 0.25) is 10.0 Å². The van der Waals surface area contributed by atoms with Crippen LogP contribution in [0.15, 0.2) is 83.1 Å². The minimum atomic E-state index is -3.98. The molecule has 1 heterocycles. The smallest absolute Gasteiger partial charge is 0.255 e. The maximum absolute atomic E-state index is 13.2. The first-order chi connectivity index (χ1) is 14.9. The molecule has 31 heavy (non-hydrogen) atoms. The van der Waals surface area contributed by atoms with E-state index in [0.29, 0.717) is 15.6 Å². The van der Waals surface area contributed by atoms with Crippen molar-refractivity contribution in [2.24, 2.45) is 5.10 Å². The molecule has 0 unspecified atom stereocenters. The lowest BCUT2D eigenvalue weighted by molar-refractivity contribution is -0.121. The first kappa shape index (κ1) is 22.9. The number of nitrogens with zero attached hydrogens (tertiary/aromatic N) is 3. The summed E-state index contributed by atoms with van der Waals surface area (Å²) in [5.41, 5.74) is 3.59. The van der Waals surface area contributed by atoms with Gasteiger partial charge in [-0.05, 0) is 47.5 Å². The van der Waals surface area contributed by atoms with Gasteiger partial charge in [-0.25, -0.2) is 13.8 Å². The summed E-state index contributed by atoms with van der Waals surface area (Å²) in [5.74, 6) is -0.602. The van der Waals surface area contributed by atoms with E-state index in [-0.39, 0.29) is 11.4 Å². The lowest BCUT2D eigenvalue weighted by atomic mass is 10.2. The Labute approximate surface area is 190 Å². The van der Waals surface area contributed by atoms with Crippen LogP contribution >= 0.6 is 23.2 Å². The molecule has 0 aliphatic heterocycles. The van der Waals surface area contributed by atoms with Crippen molar-refractivity contribution in [2.45, 2.75) is 11.4 Å². The van der Waals surface area contributed by atoms with Crippen molar-refractivity contribution in [1.29, 1.82) is 0 Å². The topological polar surface area (TPSA) is 91.7 Å². The monoisotopic (exact) mass is 476 g/mol. The quantitative estimate of drug-likeness (QED) is 0.396. The van der Waals surface area contributed by atoms with Crippen LogP contribution in [0.3, 0.4) is 0 Å². The highest BCUT2D eigenvalue weighted by Crippen LogP contribution is 2.25. The van der Waals surface area contributed by atoms with Crippen molar-refractivity contribution in [3.05, 3.63) is 94.2 Å². The molecule has 0 radical (unpaired) electrons. The zero-order valence-electron chi connectivity index (χ0n) is 16.2. The van der Waals surface area contributed by atoms with Gasteiger partial charge in [0.05, 0.1) is 17.7 Å². The van der Waals surface area contributed by atoms with E-state index in [9.17, 15) is 13.2 Å². The number of hydrogen-bond acceptors (Lipinski definition) is 5. The molecule has 0 saturated carbocycles. The van der Waals surface area contributed by atoms with Crippen LogP contribution in [0.5, 0.6) is 0 Å². The molecule has 10 heteroatoms. The average Bonchev–Trinajstić information content (AvgIpc) is 2.76. The largest absolute Gasteiger partial charge is 0.272 e. The van der Waals surface area contributed by atoms with E-state index in [1.165, 1.54) is 24.4 Å². The van der Waals surface area contributed by atoms with E-state index < -0.39 is 22.5 Å². The number of amides is 1. The molecular weight excluding hydrogens is 459 g/mol. The number of hydrazone groups is 1. The molecule has 7 nitrogen and oxygen atoms in total. The number of nitrogens with one attached hydrogen (secondary N) is 1. The second kappa shape index (κ2) is 10.5. The molecule has 0 spiro atoms. The molecule has 1 amide bonds. The van der Waals surface area contributed by atoms with Crippen molar-refractivity contribution < 1.29 is 13.2 Å².